The third kappa shape index (κ3) is 2.86. The van der Waals surface area contributed by atoms with Gasteiger partial charge in [-0.25, -0.2) is 0 Å². The summed E-state index contributed by atoms with van der Waals surface area (Å²) in [6, 6.07) is 8.34. The molecule has 0 atom stereocenters. The van der Waals surface area contributed by atoms with E-state index in [9.17, 15) is 4.79 Å². The van der Waals surface area contributed by atoms with E-state index in [4.69, 9.17) is 11.6 Å². The summed E-state index contributed by atoms with van der Waals surface area (Å²) >= 11 is 5.81. The van der Waals surface area contributed by atoms with Crippen molar-refractivity contribution < 1.29 is 4.79 Å². The largest absolute Gasteiger partial charge is 0.334 e. The lowest BCUT2D eigenvalue weighted by Crippen LogP contribution is -2.45. The van der Waals surface area contributed by atoms with Crippen LogP contribution < -0.4 is 0 Å². The second-order valence-electron chi connectivity index (χ2n) is 4.82. The quantitative estimate of drug-likeness (QED) is 0.747. The Kier molecular flexibility index (Phi) is 4.65. The fraction of sp³-hybridized carbons (Fsp3) is 0.533. The Morgan fingerprint density at radius 1 is 1.33 bits per heavy atom. The van der Waals surface area contributed by atoms with E-state index in [-0.39, 0.29) is 5.91 Å². The van der Waals surface area contributed by atoms with E-state index in [1.54, 1.807) is 0 Å². The van der Waals surface area contributed by atoms with Crippen molar-refractivity contribution in [3.63, 3.8) is 0 Å². The van der Waals surface area contributed by atoms with E-state index in [2.05, 4.69) is 6.92 Å². The molecule has 0 heterocycles. The molecule has 1 saturated carbocycles. The molecule has 1 aliphatic rings. The molecule has 2 nitrogen and oxygen atoms in total. The minimum atomic E-state index is 0.128. The third-order valence-electron chi connectivity index (χ3n) is 3.71. The average molecular weight is 266 g/mol. The zero-order chi connectivity index (χ0) is 13.0. The summed E-state index contributed by atoms with van der Waals surface area (Å²) in [4.78, 5) is 14.4. The summed E-state index contributed by atoms with van der Waals surface area (Å²) in [5.74, 6) is 0.637. The minimum absolute atomic E-state index is 0.128. The van der Waals surface area contributed by atoms with Crippen LogP contribution in [-0.2, 0) is 6.42 Å². The minimum Gasteiger partial charge on any atom is -0.334 e. The van der Waals surface area contributed by atoms with Gasteiger partial charge in [-0.05, 0) is 43.4 Å². The Hall–Kier alpha value is -1.02. The Morgan fingerprint density at radius 3 is 2.44 bits per heavy atom. The van der Waals surface area contributed by atoms with Crippen molar-refractivity contribution in [2.24, 2.45) is 0 Å². The molecule has 0 saturated heterocycles. The van der Waals surface area contributed by atoms with Gasteiger partial charge in [0.25, 0.3) is 5.91 Å². The van der Waals surface area contributed by atoms with Crippen LogP contribution in [0.2, 0.25) is 0 Å². The highest BCUT2D eigenvalue weighted by atomic mass is 35.5. The average Bonchev–Trinajstić information content (AvgIpc) is 2.35. The molecule has 0 radical (unpaired) electrons. The van der Waals surface area contributed by atoms with Crippen LogP contribution in [0.1, 0.15) is 42.1 Å². The van der Waals surface area contributed by atoms with Crippen LogP contribution in [0.15, 0.2) is 24.3 Å². The second-order valence-corrected chi connectivity index (χ2v) is 5.20. The summed E-state index contributed by atoms with van der Waals surface area (Å²) < 4.78 is 0. The lowest BCUT2D eigenvalue weighted by molar-refractivity contribution is 0.0598. The van der Waals surface area contributed by atoms with E-state index in [1.807, 2.05) is 29.2 Å². The van der Waals surface area contributed by atoms with E-state index in [1.165, 1.54) is 12.0 Å². The predicted molar refractivity (Wildman–Crippen MR) is 75.2 cm³/mol. The van der Waals surface area contributed by atoms with Crippen LogP contribution in [0, 0.1) is 0 Å². The third-order valence-corrected chi connectivity index (χ3v) is 3.88. The molecular formula is C15H20ClNO. The number of hydrogen-bond acceptors (Lipinski definition) is 1. The van der Waals surface area contributed by atoms with E-state index in [0.717, 1.165) is 24.8 Å². The number of carbonyl (C=O) groups is 1. The molecular weight excluding hydrogens is 246 g/mol. The predicted octanol–water partition coefficient (Wildman–Crippen LogP) is 3.48. The topological polar surface area (TPSA) is 20.3 Å². The summed E-state index contributed by atoms with van der Waals surface area (Å²) in [6.45, 7) is 2.77. The van der Waals surface area contributed by atoms with Crippen molar-refractivity contribution in [2.75, 3.05) is 12.4 Å². The first-order chi connectivity index (χ1) is 8.76. The number of nitrogens with zero attached hydrogens (tertiary/aromatic N) is 1. The zero-order valence-electron chi connectivity index (χ0n) is 10.9. The first kappa shape index (κ1) is 13.4. The molecule has 1 aromatic rings. The van der Waals surface area contributed by atoms with E-state index < -0.39 is 0 Å². The number of rotatable bonds is 5. The van der Waals surface area contributed by atoms with E-state index >= 15 is 0 Å². The molecule has 98 valence electrons. The van der Waals surface area contributed by atoms with Gasteiger partial charge < -0.3 is 4.90 Å². The lowest BCUT2D eigenvalue weighted by Gasteiger charge is -2.37. The molecule has 0 unspecified atom stereocenters. The van der Waals surface area contributed by atoms with Gasteiger partial charge in [-0.2, -0.15) is 0 Å². The molecule has 1 aliphatic carbocycles. The second kappa shape index (κ2) is 6.24. The number of amides is 1. The Bertz CT molecular complexity index is 397. The summed E-state index contributed by atoms with van der Waals surface area (Å²) in [5.41, 5.74) is 2.04. The van der Waals surface area contributed by atoms with Gasteiger partial charge in [-0.1, -0.05) is 19.1 Å². The first-order valence-electron chi connectivity index (χ1n) is 6.72. The van der Waals surface area contributed by atoms with Gasteiger partial charge in [0.1, 0.15) is 0 Å². The standard InChI is InChI=1S/C15H20ClNO/c1-2-12-6-8-13(9-7-12)15(18)17(11-10-16)14-4-3-5-14/h6-9,14H,2-5,10-11H2,1H3. The van der Waals surface area contributed by atoms with Crippen LogP contribution in [0.3, 0.4) is 0 Å². The summed E-state index contributed by atoms with van der Waals surface area (Å²) in [5, 5.41) is 0. The molecule has 18 heavy (non-hydrogen) atoms. The van der Waals surface area contributed by atoms with Crippen molar-refractivity contribution in [1.82, 2.24) is 4.90 Å². The molecule has 0 aliphatic heterocycles. The van der Waals surface area contributed by atoms with Gasteiger partial charge >= 0.3 is 0 Å². The molecule has 0 aromatic heterocycles. The number of alkyl halides is 1. The lowest BCUT2D eigenvalue weighted by atomic mass is 9.91. The summed E-state index contributed by atoms with van der Waals surface area (Å²) in [7, 11) is 0. The monoisotopic (exact) mass is 265 g/mol. The van der Waals surface area contributed by atoms with Crippen molar-refractivity contribution in [3.8, 4) is 0 Å². The van der Waals surface area contributed by atoms with Gasteiger partial charge in [0.15, 0.2) is 0 Å². The van der Waals surface area contributed by atoms with Crippen LogP contribution >= 0.6 is 11.6 Å². The van der Waals surface area contributed by atoms with Crippen molar-refractivity contribution in [3.05, 3.63) is 35.4 Å². The maximum absolute atomic E-state index is 12.4. The van der Waals surface area contributed by atoms with Gasteiger partial charge in [0.2, 0.25) is 0 Å². The molecule has 1 aromatic carbocycles. The highest BCUT2D eigenvalue weighted by Gasteiger charge is 2.28. The number of hydrogen-bond donors (Lipinski definition) is 0. The maximum atomic E-state index is 12.4. The molecule has 1 amide bonds. The molecule has 2 rings (SSSR count). The van der Waals surface area contributed by atoms with Gasteiger partial charge in [-0.3, -0.25) is 4.79 Å². The number of carbonyl (C=O) groups excluding carboxylic acids is 1. The molecule has 0 bridgehead atoms. The fourth-order valence-electron chi connectivity index (χ4n) is 2.29. The zero-order valence-corrected chi connectivity index (χ0v) is 11.6. The highest BCUT2D eigenvalue weighted by molar-refractivity contribution is 6.18. The van der Waals surface area contributed by atoms with Gasteiger partial charge in [-0.15, -0.1) is 11.6 Å². The summed E-state index contributed by atoms with van der Waals surface area (Å²) in [6.07, 6.45) is 4.47. The van der Waals surface area contributed by atoms with Gasteiger partial charge in [0.05, 0.1) is 0 Å². The molecule has 0 spiro atoms. The van der Waals surface area contributed by atoms with Crippen molar-refractivity contribution in [2.45, 2.75) is 38.6 Å². The van der Waals surface area contributed by atoms with Gasteiger partial charge in [0, 0.05) is 24.0 Å². The van der Waals surface area contributed by atoms with Crippen LogP contribution in [0.5, 0.6) is 0 Å². The fourth-order valence-corrected chi connectivity index (χ4v) is 2.47. The molecule has 3 heteroatoms. The van der Waals surface area contributed by atoms with Crippen LogP contribution in [0.25, 0.3) is 0 Å². The normalized spacial score (nSPS) is 15.2. The van der Waals surface area contributed by atoms with Crippen molar-refractivity contribution >= 4 is 17.5 Å². The van der Waals surface area contributed by atoms with Crippen molar-refractivity contribution in [1.29, 1.82) is 0 Å². The Balaban J connectivity index is 2.10. The Morgan fingerprint density at radius 2 is 2.00 bits per heavy atom. The number of halogens is 1. The highest BCUT2D eigenvalue weighted by Crippen LogP contribution is 2.26. The molecule has 0 N–H and O–H groups in total. The van der Waals surface area contributed by atoms with Crippen LogP contribution in [0.4, 0.5) is 0 Å². The first-order valence-corrected chi connectivity index (χ1v) is 7.25. The number of aryl methyl sites for hydroxylation is 1. The van der Waals surface area contributed by atoms with E-state index in [0.29, 0.717) is 18.5 Å². The molecule has 1 fully saturated rings. The van der Waals surface area contributed by atoms with Crippen LogP contribution in [-0.4, -0.2) is 29.3 Å². The maximum Gasteiger partial charge on any atom is 0.254 e. The number of benzene rings is 1. The Labute approximate surface area is 114 Å². The SMILES string of the molecule is CCc1ccc(C(=O)N(CCCl)C2CCC2)cc1. The smallest absolute Gasteiger partial charge is 0.254 e.